The molecular formula is C16H19N5O3S. The van der Waals surface area contributed by atoms with Crippen LogP contribution in [-0.4, -0.2) is 52.8 Å². The maximum absolute atomic E-state index is 12.8. The smallest absolute Gasteiger partial charge is 0.254 e. The van der Waals surface area contributed by atoms with Crippen LogP contribution in [0.25, 0.3) is 0 Å². The number of carbonyl (C=O) groups excluding carboxylic acids is 1. The molecule has 0 aliphatic carbocycles. The molecule has 0 atom stereocenters. The number of benzene rings is 1. The summed E-state index contributed by atoms with van der Waals surface area (Å²) >= 11 is 0. The quantitative estimate of drug-likeness (QED) is 0.792. The molecule has 1 aromatic heterocycles. The van der Waals surface area contributed by atoms with E-state index in [0.29, 0.717) is 43.9 Å². The van der Waals surface area contributed by atoms with Gasteiger partial charge in [-0.2, -0.15) is 0 Å². The third-order valence-electron chi connectivity index (χ3n) is 4.66. The van der Waals surface area contributed by atoms with Gasteiger partial charge in [-0.25, -0.2) is 8.42 Å². The highest BCUT2D eigenvalue weighted by Crippen LogP contribution is 2.25. The van der Waals surface area contributed by atoms with Crippen LogP contribution < -0.4 is 4.31 Å². The van der Waals surface area contributed by atoms with Crippen molar-refractivity contribution >= 4 is 21.6 Å². The second kappa shape index (κ2) is 6.14. The van der Waals surface area contributed by atoms with Crippen LogP contribution in [0.3, 0.4) is 0 Å². The molecule has 0 spiro atoms. The van der Waals surface area contributed by atoms with Crippen molar-refractivity contribution < 1.29 is 13.2 Å². The molecule has 0 N–H and O–H groups in total. The number of nitrogens with zero attached hydrogens (tertiary/aromatic N) is 5. The van der Waals surface area contributed by atoms with E-state index in [9.17, 15) is 13.2 Å². The lowest BCUT2D eigenvalue weighted by atomic mass is 10.1. The van der Waals surface area contributed by atoms with E-state index < -0.39 is 10.0 Å². The fourth-order valence-electron chi connectivity index (χ4n) is 3.30. The average molecular weight is 361 g/mol. The molecule has 0 bridgehead atoms. The molecule has 2 aliphatic heterocycles. The zero-order valence-electron chi connectivity index (χ0n) is 13.7. The van der Waals surface area contributed by atoms with E-state index in [4.69, 9.17) is 0 Å². The standard InChI is InChI=1S/C16H19N5O3S/c22-16(19-7-8-20-12-17-18-15(20)11-19)13-4-3-5-14(10-13)21-6-1-2-9-25(21,23)24/h3-5,10,12H,1-2,6-9,11H2. The third kappa shape index (κ3) is 2.99. The Morgan fingerprint density at radius 1 is 1.12 bits per heavy atom. The van der Waals surface area contributed by atoms with Gasteiger partial charge in [-0.15, -0.1) is 10.2 Å². The van der Waals surface area contributed by atoms with E-state index in [1.165, 1.54) is 4.31 Å². The Kier molecular flexibility index (Phi) is 3.95. The zero-order chi connectivity index (χ0) is 17.4. The summed E-state index contributed by atoms with van der Waals surface area (Å²) in [6.45, 7) is 2.11. The summed E-state index contributed by atoms with van der Waals surface area (Å²) in [6.07, 6.45) is 3.18. The Balaban J connectivity index is 1.58. The van der Waals surface area contributed by atoms with Gasteiger partial charge in [0, 0.05) is 25.2 Å². The first-order valence-corrected chi connectivity index (χ1v) is 9.92. The lowest BCUT2D eigenvalue weighted by Crippen LogP contribution is -2.39. The Hall–Kier alpha value is -2.42. The minimum absolute atomic E-state index is 0.120. The number of carbonyl (C=O) groups is 1. The van der Waals surface area contributed by atoms with Crippen LogP contribution in [0.5, 0.6) is 0 Å². The third-order valence-corrected chi connectivity index (χ3v) is 6.53. The highest BCUT2D eigenvalue weighted by Gasteiger charge is 2.27. The lowest BCUT2D eigenvalue weighted by Gasteiger charge is -2.29. The second-order valence-electron chi connectivity index (χ2n) is 6.31. The van der Waals surface area contributed by atoms with Crippen molar-refractivity contribution in [1.82, 2.24) is 19.7 Å². The van der Waals surface area contributed by atoms with E-state index in [1.54, 1.807) is 35.5 Å². The molecule has 1 fully saturated rings. The highest BCUT2D eigenvalue weighted by molar-refractivity contribution is 7.92. The summed E-state index contributed by atoms with van der Waals surface area (Å²) in [4.78, 5) is 14.5. The van der Waals surface area contributed by atoms with Crippen molar-refractivity contribution in [3.05, 3.63) is 42.0 Å². The van der Waals surface area contributed by atoms with Gasteiger partial charge in [0.1, 0.15) is 6.33 Å². The summed E-state index contributed by atoms with van der Waals surface area (Å²) in [5.41, 5.74) is 1.05. The molecule has 132 valence electrons. The van der Waals surface area contributed by atoms with Crippen molar-refractivity contribution in [2.75, 3.05) is 23.1 Å². The molecule has 25 heavy (non-hydrogen) atoms. The van der Waals surface area contributed by atoms with Gasteiger partial charge in [-0.05, 0) is 31.0 Å². The first-order chi connectivity index (χ1) is 12.0. The minimum Gasteiger partial charge on any atom is -0.329 e. The summed E-state index contributed by atoms with van der Waals surface area (Å²) in [5.74, 6) is 0.798. The maximum atomic E-state index is 12.8. The van der Waals surface area contributed by atoms with E-state index in [1.807, 2.05) is 4.57 Å². The molecule has 9 heteroatoms. The van der Waals surface area contributed by atoms with Gasteiger partial charge in [0.05, 0.1) is 18.0 Å². The van der Waals surface area contributed by atoms with Crippen molar-refractivity contribution in [2.24, 2.45) is 0 Å². The monoisotopic (exact) mass is 361 g/mol. The molecule has 1 amide bonds. The van der Waals surface area contributed by atoms with Gasteiger partial charge in [0.15, 0.2) is 5.82 Å². The highest BCUT2D eigenvalue weighted by atomic mass is 32.2. The molecular weight excluding hydrogens is 342 g/mol. The van der Waals surface area contributed by atoms with Gasteiger partial charge in [-0.3, -0.25) is 9.10 Å². The van der Waals surface area contributed by atoms with E-state index >= 15 is 0 Å². The number of amides is 1. The SMILES string of the molecule is O=C(c1cccc(N2CCCCS2(=O)=O)c1)N1CCn2cnnc2C1. The van der Waals surface area contributed by atoms with Crippen molar-refractivity contribution in [3.8, 4) is 0 Å². The first kappa shape index (κ1) is 16.1. The van der Waals surface area contributed by atoms with E-state index in [-0.39, 0.29) is 11.7 Å². The Morgan fingerprint density at radius 2 is 2.00 bits per heavy atom. The molecule has 0 radical (unpaired) electrons. The predicted octanol–water partition coefficient (Wildman–Crippen LogP) is 0.864. The number of sulfonamides is 1. The number of hydrogen-bond acceptors (Lipinski definition) is 5. The summed E-state index contributed by atoms with van der Waals surface area (Å²) < 4.78 is 27.9. The molecule has 1 aromatic carbocycles. The predicted molar refractivity (Wildman–Crippen MR) is 91.6 cm³/mol. The summed E-state index contributed by atoms with van der Waals surface area (Å²) in [7, 11) is -3.29. The number of hydrogen-bond donors (Lipinski definition) is 0. The Bertz CT molecular complexity index is 908. The largest absolute Gasteiger partial charge is 0.329 e. The Labute approximate surface area is 146 Å². The zero-order valence-corrected chi connectivity index (χ0v) is 14.5. The fraction of sp³-hybridized carbons (Fsp3) is 0.438. The summed E-state index contributed by atoms with van der Waals surface area (Å²) in [5, 5.41) is 7.89. The topological polar surface area (TPSA) is 88.4 Å². The second-order valence-corrected chi connectivity index (χ2v) is 8.33. The number of rotatable bonds is 2. The molecule has 3 heterocycles. The van der Waals surface area contributed by atoms with Crippen molar-refractivity contribution in [1.29, 1.82) is 0 Å². The number of fused-ring (bicyclic) bond motifs is 1. The van der Waals surface area contributed by atoms with Crippen LogP contribution in [0.1, 0.15) is 29.0 Å². The van der Waals surface area contributed by atoms with Crippen LogP contribution in [0.2, 0.25) is 0 Å². The molecule has 0 saturated carbocycles. The van der Waals surface area contributed by atoms with Crippen molar-refractivity contribution in [3.63, 3.8) is 0 Å². The van der Waals surface area contributed by atoms with Crippen LogP contribution >= 0.6 is 0 Å². The summed E-state index contributed by atoms with van der Waals surface area (Å²) in [6, 6.07) is 6.87. The van der Waals surface area contributed by atoms with E-state index in [0.717, 1.165) is 12.2 Å². The van der Waals surface area contributed by atoms with Gasteiger partial charge in [0.25, 0.3) is 5.91 Å². The minimum atomic E-state index is -3.29. The van der Waals surface area contributed by atoms with Crippen molar-refractivity contribution in [2.45, 2.75) is 25.9 Å². The van der Waals surface area contributed by atoms with Crippen LogP contribution in [0.4, 0.5) is 5.69 Å². The van der Waals surface area contributed by atoms with Gasteiger partial charge >= 0.3 is 0 Å². The molecule has 2 aliphatic rings. The van der Waals surface area contributed by atoms with Gasteiger partial charge in [0.2, 0.25) is 10.0 Å². The van der Waals surface area contributed by atoms with Crippen LogP contribution in [-0.2, 0) is 23.1 Å². The normalized spacial score (nSPS) is 19.5. The fourth-order valence-corrected chi connectivity index (χ4v) is 4.93. The average Bonchev–Trinajstić information content (AvgIpc) is 3.08. The van der Waals surface area contributed by atoms with Gasteiger partial charge in [-0.1, -0.05) is 6.07 Å². The Morgan fingerprint density at radius 3 is 2.84 bits per heavy atom. The molecule has 8 nitrogen and oxygen atoms in total. The van der Waals surface area contributed by atoms with Crippen LogP contribution in [0, 0.1) is 0 Å². The van der Waals surface area contributed by atoms with Gasteiger partial charge < -0.3 is 9.47 Å². The first-order valence-electron chi connectivity index (χ1n) is 8.31. The van der Waals surface area contributed by atoms with E-state index in [2.05, 4.69) is 10.2 Å². The number of aromatic nitrogens is 3. The molecule has 1 saturated heterocycles. The molecule has 0 unspecified atom stereocenters. The lowest BCUT2D eigenvalue weighted by molar-refractivity contribution is 0.0707. The maximum Gasteiger partial charge on any atom is 0.254 e. The van der Waals surface area contributed by atoms with Crippen LogP contribution in [0.15, 0.2) is 30.6 Å². The number of anilines is 1. The molecule has 4 rings (SSSR count). The molecule has 2 aromatic rings.